The molecule has 0 spiro atoms. The van der Waals surface area contributed by atoms with Crippen molar-refractivity contribution in [2.45, 2.75) is 45.4 Å². The number of rotatable bonds is 6. The molecular formula is C21H26O2. The molecular weight excluding hydrogens is 284 g/mol. The van der Waals surface area contributed by atoms with Crippen LogP contribution in [0.2, 0.25) is 0 Å². The molecule has 2 aromatic carbocycles. The average Bonchev–Trinajstić information content (AvgIpc) is 2.59. The Labute approximate surface area is 139 Å². The summed E-state index contributed by atoms with van der Waals surface area (Å²) in [5, 5.41) is 0. The van der Waals surface area contributed by atoms with Gasteiger partial charge in [0, 0.05) is 0 Å². The molecule has 0 amide bonds. The maximum Gasteiger partial charge on any atom is 0.337 e. The van der Waals surface area contributed by atoms with Crippen LogP contribution in [0.25, 0.3) is 0 Å². The van der Waals surface area contributed by atoms with Crippen molar-refractivity contribution >= 4 is 5.97 Å². The third-order valence-corrected chi connectivity index (χ3v) is 4.58. The largest absolute Gasteiger partial charge is 0.465 e. The highest BCUT2D eigenvalue weighted by Crippen LogP contribution is 2.28. The average molecular weight is 310 g/mol. The topological polar surface area (TPSA) is 26.3 Å². The Morgan fingerprint density at radius 2 is 1.30 bits per heavy atom. The fourth-order valence-electron chi connectivity index (χ4n) is 2.79. The van der Waals surface area contributed by atoms with Crippen molar-refractivity contribution in [3.63, 3.8) is 0 Å². The van der Waals surface area contributed by atoms with E-state index in [4.69, 9.17) is 4.74 Å². The van der Waals surface area contributed by atoms with Crippen LogP contribution in [0.15, 0.2) is 48.5 Å². The minimum absolute atomic E-state index is 0.280. The molecule has 0 aliphatic carbocycles. The molecule has 2 atom stereocenters. The fraction of sp³-hybridized carbons (Fsp3) is 0.381. The number of methoxy groups -OCH3 is 1. The van der Waals surface area contributed by atoms with Gasteiger partial charge in [0.05, 0.1) is 12.7 Å². The molecule has 122 valence electrons. The molecule has 0 heterocycles. The molecule has 0 bridgehead atoms. The van der Waals surface area contributed by atoms with Gasteiger partial charge in [-0.15, -0.1) is 0 Å². The van der Waals surface area contributed by atoms with Gasteiger partial charge in [0.2, 0.25) is 0 Å². The highest BCUT2D eigenvalue weighted by molar-refractivity contribution is 5.89. The summed E-state index contributed by atoms with van der Waals surface area (Å²) in [5.74, 6) is 0.763. The summed E-state index contributed by atoms with van der Waals surface area (Å²) < 4.78 is 4.73. The van der Waals surface area contributed by atoms with Crippen molar-refractivity contribution in [1.82, 2.24) is 0 Å². The Balaban J connectivity index is 1.92. The van der Waals surface area contributed by atoms with Crippen LogP contribution < -0.4 is 0 Å². The SMILES string of the molecule is COC(=O)c1ccc(C(C)CCC(C)c2ccc(C)cc2)cc1. The lowest BCUT2D eigenvalue weighted by atomic mass is 9.89. The number of hydrogen-bond donors (Lipinski definition) is 0. The van der Waals surface area contributed by atoms with Gasteiger partial charge in [0.15, 0.2) is 0 Å². The second kappa shape index (κ2) is 7.96. The summed E-state index contributed by atoms with van der Waals surface area (Å²) in [6, 6.07) is 16.6. The molecule has 2 rings (SSSR count). The van der Waals surface area contributed by atoms with Gasteiger partial charge >= 0.3 is 5.97 Å². The summed E-state index contributed by atoms with van der Waals surface area (Å²) in [4.78, 5) is 11.5. The van der Waals surface area contributed by atoms with Crippen molar-refractivity contribution in [2.75, 3.05) is 7.11 Å². The molecule has 0 aliphatic rings. The number of esters is 1. The lowest BCUT2D eigenvalue weighted by Gasteiger charge is -2.17. The lowest BCUT2D eigenvalue weighted by Crippen LogP contribution is -2.02. The molecule has 0 aromatic heterocycles. The highest BCUT2D eigenvalue weighted by Gasteiger charge is 2.11. The van der Waals surface area contributed by atoms with Crippen LogP contribution in [0, 0.1) is 6.92 Å². The Hall–Kier alpha value is -2.09. The molecule has 0 saturated heterocycles. The van der Waals surface area contributed by atoms with E-state index in [1.807, 2.05) is 24.3 Å². The Morgan fingerprint density at radius 3 is 1.74 bits per heavy atom. The van der Waals surface area contributed by atoms with Gasteiger partial charge in [-0.3, -0.25) is 0 Å². The first-order valence-electron chi connectivity index (χ1n) is 8.26. The van der Waals surface area contributed by atoms with Crippen molar-refractivity contribution < 1.29 is 9.53 Å². The first-order valence-corrected chi connectivity index (χ1v) is 8.26. The van der Waals surface area contributed by atoms with Crippen molar-refractivity contribution in [3.05, 3.63) is 70.8 Å². The molecule has 2 heteroatoms. The van der Waals surface area contributed by atoms with E-state index in [9.17, 15) is 4.79 Å². The monoisotopic (exact) mass is 310 g/mol. The van der Waals surface area contributed by atoms with Crippen LogP contribution >= 0.6 is 0 Å². The zero-order valence-corrected chi connectivity index (χ0v) is 14.5. The van der Waals surface area contributed by atoms with Crippen LogP contribution in [-0.4, -0.2) is 13.1 Å². The first-order chi connectivity index (χ1) is 11.0. The molecule has 2 nitrogen and oxygen atoms in total. The van der Waals surface area contributed by atoms with E-state index in [0.29, 0.717) is 17.4 Å². The molecule has 0 saturated carbocycles. The highest BCUT2D eigenvalue weighted by atomic mass is 16.5. The zero-order chi connectivity index (χ0) is 16.8. The zero-order valence-electron chi connectivity index (χ0n) is 14.5. The minimum atomic E-state index is -0.280. The molecule has 23 heavy (non-hydrogen) atoms. The smallest absolute Gasteiger partial charge is 0.337 e. The van der Waals surface area contributed by atoms with Crippen molar-refractivity contribution in [1.29, 1.82) is 0 Å². The summed E-state index contributed by atoms with van der Waals surface area (Å²) in [5.41, 5.74) is 4.59. The number of hydrogen-bond acceptors (Lipinski definition) is 2. The van der Waals surface area contributed by atoms with Crippen molar-refractivity contribution in [2.24, 2.45) is 0 Å². The Kier molecular flexibility index (Phi) is 5.97. The third kappa shape index (κ3) is 4.69. The van der Waals surface area contributed by atoms with E-state index in [1.165, 1.54) is 23.8 Å². The van der Waals surface area contributed by atoms with Crippen LogP contribution in [0.4, 0.5) is 0 Å². The standard InChI is InChI=1S/C21H26O2/c1-15-5-9-18(10-6-15)16(2)7-8-17(3)19-11-13-20(14-12-19)21(22)23-4/h5-6,9-14,16-17H,7-8H2,1-4H3. The Bertz CT molecular complexity index is 626. The van der Waals surface area contributed by atoms with Gasteiger partial charge in [0.25, 0.3) is 0 Å². The summed E-state index contributed by atoms with van der Waals surface area (Å²) in [6.45, 7) is 6.65. The predicted octanol–water partition coefficient (Wildman–Crippen LogP) is 5.47. The Morgan fingerprint density at radius 1 is 0.870 bits per heavy atom. The van der Waals surface area contributed by atoms with E-state index < -0.39 is 0 Å². The maximum atomic E-state index is 11.5. The van der Waals surface area contributed by atoms with E-state index in [2.05, 4.69) is 45.0 Å². The van der Waals surface area contributed by atoms with E-state index >= 15 is 0 Å². The van der Waals surface area contributed by atoms with Gasteiger partial charge in [-0.1, -0.05) is 55.8 Å². The van der Waals surface area contributed by atoms with Crippen LogP contribution in [-0.2, 0) is 4.74 Å². The first kappa shape index (κ1) is 17.3. The van der Waals surface area contributed by atoms with Gasteiger partial charge in [-0.2, -0.15) is 0 Å². The van der Waals surface area contributed by atoms with Gasteiger partial charge in [0.1, 0.15) is 0 Å². The predicted molar refractivity (Wildman–Crippen MR) is 95.0 cm³/mol. The van der Waals surface area contributed by atoms with Crippen LogP contribution in [0.5, 0.6) is 0 Å². The second-order valence-corrected chi connectivity index (χ2v) is 6.40. The van der Waals surface area contributed by atoms with Gasteiger partial charge in [-0.25, -0.2) is 4.79 Å². The number of ether oxygens (including phenoxy) is 1. The van der Waals surface area contributed by atoms with Crippen LogP contribution in [0.3, 0.4) is 0 Å². The molecule has 0 fully saturated rings. The maximum absolute atomic E-state index is 11.5. The normalized spacial score (nSPS) is 13.4. The second-order valence-electron chi connectivity index (χ2n) is 6.40. The minimum Gasteiger partial charge on any atom is -0.465 e. The van der Waals surface area contributed by atoms with E-state index in [-0.39, 0.29) is 5.97 Å². The number of benzene rings is 2. The van der Waals surface area contributed by atoms with E-state index in [1.54, 1.807) is 0 Å². The van der Waals surface area contributed by atoms with Gasteiger partial charge < -0.3 is 4.74 Å². The lowest BCUT2D eigenvalue weighted by molar-refractivity contribution is 0.0600. The van der Waals surface area contributed by atoms with Crippen LogP contribution in [0.1, 0.15) is 65.6 Å². The fourth-order valence-corrected chi connectivity index (χ4v) is 2.79. The van der Waals surface area contributed by atoms with E-state index in [0.717, 1.165) is 12.8 Å². The number of carbonyl (C=O) groups is 1. The number of carbonyl (C=O) groups excluding carboxylic acids is 1. The molecule has 0 aliphatic heterocycles. The molecule has 0 radical (unpaired) electrons. The molecule has 2 unspecified atom stereocenters. The molecule has 0 N–H and O–H groups in total. The quantitative estimate of drug-likeness (QED) is 0.661. The summed E-state index contributed by atoms with van der Waals surface area (Å²) in [6.07, 6.45) is 2.29. The summed E-state index contributed by atoms with van der Waals surface area (Å²) in [7, 11) is 1.41. The summed E-state index contributed by atoms with van der Waals surface area (Å²) >= 11 is 0. The van der Waals surface area contributed by atoms with Crippen molar-refractivity contribution in [3.8, 4) is 0 Å². The van der Waals surface area contributed by atoms with Gasteiger partial charge in [-0.05, 0) is 54.9 Å². The molecule has 2 aromatic rings. The number of aryl methyl sites for hydroxylation is 1. The third-order valence-electron chi connectivity index (χ3n) is 4.58.